The van der Waals surface area contributed by atoms with Crippen molar-refractivity contribution < 1.29 is 0 Å². The first-order chi connectivity index (χ1) is 5.90. The van der Waals surface area contributed by atoms with E-state index in [1.165, 1.54) is 25.7 Å². The standard InChI is InChI=1S/C11H24N2/c1-5-10(2,3)13(4)9-11(12)7-6-8-11/h5-9,12H2,1-4H3. The fourth-order valence-corrected chi connectivity index (χ4v) is 1.75. The van der Waals surface area contributed by atoms with Gasteiger partial charge in [0, 0.05) is 17.6 Å². The SMILES string of the molecule is CCC(C)(C)N(C)CC1(N)CCC1. The number of hydrogen-bond acceptors (Lipinski definition) is 2. The molecule has 2 nitrogen and oxygen atoms in total. The fourth-order valence-electron chi connectivity index (χ4n) is 1.75. The van der Waals surface area contributed by atoms with Gasteiger partial charge in [0.15, 0.2) is 0 Å². The smallest absolute Gasteiger partial charge is 0.0283 e. The van der Waals surface area contributed by atoms with Crippen LogP contribution in [0.1, 0.15) is 46.5 Å². The van der Waals surface area contributed by atoms with Crippen molar-refractivity contribution in [1.29, 1.82) is 0 Å². The molecule has 0 saturated heterocycles. The van der Waals surface area contributed by atoms with Gasteiger partial charge in [-0.05, 0) is 46.6 Å². The molecule has 0 radical (unpaired) electrons. The minimum atomic E-state index is 0.126. The maximum absolute atomic E-state index is 6.21. The van der Waals surface area contributed by atoms with E-state index in [1.54, 1.807) is 0 Å². The van der Waals surface area contributed by atoms with Crippen LogP contribution in [0.2, 0.25) is 0 Å². The number of nitrogens with two attached hydrogens (primary N) is 1. The molecular formula is C11H24N2. The Bertz CT molecular complexity index is 171. The lowest BCUT2D eigenvalue weighted by Crippen LogP contribution is -2.58. The van der Waals surface area contributed by atoms with Gasteiger partial charge in [-0.2, -0.15) is 0 Å². The van der Waals surface area contributed by atoms with E-state index in [9.17, 15) is 0 Å². The molecule has 78 valence electrons. The first-order valence-corrected chi connectivity index (χ1v) is 5.40. The van der Waals surface area contributed by atoms with Crippen LogP contribution in [0.3, 0.4) is 0 Å². The Morgan fingerprint density at radius 3 is 2.23 bits per heavy atom. The quantitative estimate of drug-likeness (QED) is 0.724. The molecule has 1 aliphatic rings. The molecule has 2 N–H and O–H groups in total. The van der Waals surface area contributed by atoms with Crippen LogP contribution in [-0.2, 0) is 0 Å². The Balaban J connectivity index is 2.44. The summed E-state index contributed by atoms with van der Waals surface area (Å²) in [5.74, 6) is 0. The Hall–Kier alpha value is -0.0800. The Morgan fingerprint density at radius 2 is 1.92 bits per heavy atom. The highest BCUT2D eigenvalue weighted by molar-refractivity contribution is 4.96. The van der Waals surface area contributed by atoms with Gasteiger partial charge in [-0.25, -0.2) is 0 Å². The molecule has 0 heterocycles. The second kappa shape index (κ2) is 3.58. The largest absolute Gasteiger partial charge is 0.324 e. The summed E-state index contributed by atoms with van der Waals surface area (Å²) in [6, 6.07) is 0. The monoisotopic (exact) mass is 184 g/mol. The minimum absolute atomic E-state index is 0.126. The zero-order chi connectivity index (χ0) is 10.1. The molecule has 0 aromatic heterocycles. The molecule has 13 heavy (non-hydrogen) atoms. The van der Waals surface area contributed by atoms with E-state index in [1.807, 2.05) is 0 Å². The number of hydrogen-bond donors (Lipinski definition) is 1. The average molecular weight is 184 g/mol. The van der Waals surface area contributed by atoms with Crippen molar-refractivity contribution in [3.63, 3.8) is 0 Å². The van der Waals surface area contributed by atoms with Crippen molar-refractivity contribution in [3.05, 3.63) is 0 Å². The lowest BCUT2D eigenvalue weighted by atomic mass is 9.76. The summed E-state index contributed by atoms with van der Waals surface area (Å²) in [5, 5.41) is 0. The Morgan fingerprint density at radius 1 is 1.38 bits per heavy atom. The first kappa shape index (κ1) is 11.0. The van der Waals surface area contributed by atoms with Gasteiger partial charge in [0.2, 0.25) is 0 Å². The predicted molar refractivity (Wildman–Crippen MR) is 57.8 cm³/mol. The molecule has 0 unspecified atom stereocenters. The maximum Gasteiger partial charge on any atom is 0.0283 e. The van der Waals surface area contributed by atoms with Crippen LogP contribution in [0.4, 0.5) is 0 Å². The summed E-state index contributed by atoms with van der Waals surface area (Å²) in [6.45, 7) is 7.86. The average Bonchev–Trinajstić information content (AvgIpc) is 2.01. The van der Waals surface area contributed by atoms with E-state index in [0.717, 1.165) is 6.54 Å². The van der Waals surface area contributed by atoms with Crippen LogP contribution < -0.4 is 5.73 Å². The number of likely N-dealkylation sites (N-methyl/N-ethyl adjacent to an activating group) is 1. The highest BCUT2D eigenvalue weighted by atomic mass is 15.2. The molecule has 0 bridgehead atoms. The second-order valence-electron chi connectivity index (χ2n) is 5.24. The summed E-state index contributed by atoms with van der Waals surface area (Å²) < 4.78 is 0. The summed E-state index contributed by atoms with van der Waals surface area (Å²) in [6.07, 6.45) is 4.91. The Kier molecular flexibility index (Phi) is 3.03. The maximum atomic E-state index is 6.21. The molecule has 2 heteroatoms. The van der Waals surface area contributed by atoms with Gasteiger partial charge in [-0.3, -0.25) is 4.90 Å². The summed E-state index contributed by atoms with van der Waals surface area (Å²) in [7, 11) is 2.19. The van der Waals surface area contributed by atoms with Crippen molar-refractivity contribution in [1.82, 2.24) is 4.90 Å². The molecule has 0 aliphatic heterocycles. The lowest BCUT2D eigenvalue weighted by Gasteiger charge is -2.45. The molecule has 1 fully saturated rings. The predicted octanol–water partition coefficient (Wildman–Crippen LogP) is 1.99. The van der Waals surface area contributed by atoms with Crippen LogP contribution >= 0.6 is 0 Å². The third-order valence-corrected chi connectivity index (χ3v) is 3.80. The van der Waals surface area contributed by atoms with Crippen LogP contribution in [0.15, 0.2) is 0 Å². The lowest BCUT2D eigenvalue weighted by molar-refractivity contribution is 0.0845. The fraction of sp³-hybridized carbons (Fsp3) is 1.00. The topological polar surface area (TPSA) is 29.3 Å². The summed E-state index contributed by atoms with van der Waals surface area (Å²) in [4.78, 5) is 2.41. The second-order valence-corrected chi connectivity index (χ2v) is 5.24. The zero-order valence-electron chi connectivity index (χ0n) is 9.56. The molecule has 0 amide bonds. The summed E-state index contributed by atoms with van der Waals surface area (Å²) in [5.41, 5.74) is 6.63. The third kappa shape index (κ3) is 2.44. The molecule has 1 aliphatic carbocycles. The number of rotatable bonds is 4. The normalized spacial score (nSPS) is 21.7. The highest BCUT2D eigenvalue weighted by Gasteiger charge is 2.36. The van der Waals surface area contributed by atoms with Gasteiger partial charge in [-0.15, -0.1) is 0 Å². The molecule has 0 aromatic rings. The van der Waals surface area contributed by atoms with E-state index >= 15 is 0 Å². The molecule has 1 saturated carbocycles. The van der Waals surface area contributed by atoms with Gasteiger partial charge in [0.1, 0.15) is 0 Å². The third-order valence-electron chi connectivity index (χ3n) is 3.80. The van der Waals surface area contributed by atoms with Gasteiger partial charge in [0.25, 0.3) is 0 Å². The van der Waals surface area contributed by atoms with E-state index in [4.69, 9.17) is 5.73 Å². The van der Waals surface area contributed by atoms with Gasteiger partial charge in [-0.1, -0.05) is 6.92 Å². The van der Waals surface area contributed by atoms with Crippen molar-refractivity contribution in [3.8, 4) is 0 Å². The molecule has 0 aromatic carbocycles. The van der Waals surface area contributed by atoms with Crippen LogP contribution in [0.25, 0.3) is 0 Å². The van der Waals surface area contributed by atoms with E-state index in [-0.39, 0.29) is 5.54 Å². The number of nitrogens with zero attached hydrogens (tertiary/aromatic N) is 1. The summed E-state index contributed by atoms with van der Waals surface area (Å²) >= 11 is 0. The molecular weight excluding hydrogens is 160 g/mol. The van der Waals surface area contributed by atoms with Crippen molar-refractivity contribution >= 4 is 0 Å². The van der Waals surface area contributed by atoms with E-state index in [2.05, 4.69) is 32.7 Å². The van der Waals surface area contributed by atoms with Gasteiger partial charge >= 0.3 is 0 Å². The zero-order valence-corrected chi connectivity index (χ0v) is 9.56. The molecule has 0 spiro atoms. The molecule has 1 rings (SSSR count). The van der Waals surface area contributed by atoms with Crippen molar-refractivity contribution in [2.24, 2.45) is 5.73 Å². The van der Waals surface area contributed by atoms with Gasteiger partial charge < -0.3 is 5.73 Å². The van der Waals surface area contributed by atoms with Gasteiger partial charge in [0.05, 0.1) is 0 Å². The van der Waals surface area contributed by atoms with E-state index in [0.29, 0.717) is 5.54 Å². The Labute approximate surface area is 82.5 Å². The van der Waals surface area contributed by atoms with Crippen LogP contribution in [0.5, 0.6) is 0 Å². The van der Waals surface area contributed by atoms with Crippen molar-refractivity contribution in [2.75, 3.05) is 13.6 Å². The van der Waals surface area contributed by atoms with Crippen molar-refractivity contribution in [2.45, 2.75) is 57.5 Å². The van der Waals surface area contributed by atoms with Crippen LogP contribution in [-0.4, -0.2) is 29.6 Å². The molecule has 0 atom stereocenters. The van der Waals surface area contributed by atoms with Crippen LogP contribution in [0, 0.1) is 0 Å². The highest BCUT2D eigenvalue weighted by Crippen LogP contribution is 2.31. The van der Waals surface area contributed by atoms with E-state index < -0.39 is 0 Å². The minimum Gasteiger partial charge on any atom is -0.324 e. The first-order valence-electron chi connectivity index (χ1n) is 5.40.